The molecule has 1 rings (SSSR count). The van der Waals surface area contributed by atoms with Gasteiger partial charge in [-0.05, 0) is 25.4 Å². The number of hydrogen-bond acceptors (Lipinski definition) is 7. The molecule has 0 atom stereocenters. The van der Waals surface area contributed by atoms with Gasteiger partial charge < -0.3 is 19.1 Å². The first-order chi connectivity index (χ1) is 10.2. The average Bonchev–Trinajstić information content (AvgIpc) is 2.47. The van der Waals surface area contributed by atoms with Crippen LogP contribution < -0.4 is 9.64 Å². The molecular weight excluding hydrogens is 296 g/mol. The molecule has 0 saturated heterocycles. The lowest BCUT2D eigenvalue weighted by Crippen LogP contribution is -2.24. The lowest BCUT2D eigenvalue weighted by atomic mass is 10.5. The van der Waals surface area contributed by atoms with Crippen molar-refractivity contribution in [2.24, 2.45) is 0 Å². The maximum Gasteiger partial charge on any atom is 0.322 e. The zero-order valence-electron chi connectivity index (χ0n) is 12.8. The number of anilines is 1. The summed E-state index contributed by atoms with van der Waals surface area (Å²) in [5, 5.41) is 0.137. The predicted molar refractivity (Wildman–Crippen MR) is 81.2 cm³/mol. The summed E-state index contributed by atoms with van der Waals surface area (Å²) < 4.78 is 15.7. The van der Waals surface area contributed by atoms with Crippen LogP contribution in [0.4, 0.5) is 5.95 Å². The fraction of sp³-hybridized carbons (Fsp3) is 0.769. The van der Waals surface area contributed by atoms with Crippen LogP contribution in [0.1, 0.15) is 20.3 Å². The lowest BCUT2D eigenvalue weighted by Gasteiger charge is -2.18. The minimum atomic E-state index is 0.137. The fourth-order valence-corrected chi connectivity index (χ4v) is 1.75. The zero-order chi connectivity index (χ0) is 15.5. The quantitative estimate of drug-likeness (QED) is 0.576. The Labute approximate surface area is 130 Å². The van der Waals surface area contributed by atoms with Gasteiger partial charge in [-0.2, -0.15) is 15.0 Å². The highest BCUT2D eigenvalue weighted by molar-refractivity contribution is 6.28. The molecule has 0 spiro atoms. The first-order valence-electron chi connectivity index (χ1n) is 7.07. The summed E-state index contributed by atoms with van der Waals surface area (Å²) in [7, 11) is 1.64. The highest BCUT2D eigenvalue weighted by Gasteiger charge is 2.10. The topological polar surface area (TPSA) is 69.6 Å². The first kappa shape index (κ1) is 17.9. The summed E-state index contributed by atoms with van der Waals surface area (Å²) in [6.45, 7) is 7.89. The molecule has 0 radical (unpaired) electrons. The van der Waals surface area contributed by atoms with Crippen LogP contribution in [0.2, 0.25) is 5.28 Å². The molecule has 0 bridgehead atoms. The molecule has 21 heavy (non-hydrogen) atoms. The van der Waals surface area contributed by atoms with Crippen molar-refractivity contribution in [3.05, 3.63) is 5.28 Å². The second-order valence-electron chi connectivity index (χ2n) is 4.17. The minimum Gasteiger partial charge on any atom is -0.463 e. The molecule has 0 saturated carbocycles. The standard InChI is InChI=1S/C13H23ClN4O3/c1-4-18(5-2)12-15-11(14)16-13(17-12)21-8-6-7-20-10-9-19-3/h4-10H2,1-3H3. The highest BCUT2D eigenvalue weighted by Crippen LogP contribution is 2.14. The van der Waals surface area contributed by atoms with Gasteiger partial charge in [0.25, 0.3) is 0 Å². The van der Waals surface area contributed by atoms with Crippen LogP contribution in [0.25, 0.3) is 0 Å². The molecule has 1 aromatic heterocycles. The Kier molecular flexibility index (Phi) is 8.96. The van der Waals surface area contributed by atoms with E-state index in [1.165, 1.54) is 0 Å². The van der Waals surface area contributed by atoms with Gasteiger partial charge in [0, 0.05) is 33.2 Å². The van der Waals surface area contributed by atoms with E-state index >= 15 is 0 Å². The molecule has 0 aliphatic carbocycles. The SMILES string of the molecule is CCN(CC)c1nc(Cl)nc(OCCCOCCOC)n1. The van der Waals surface area contributed by atoms with E-state index in [2.05, 4.69) is 15.0 Å². The van der Waals surface area contributed by atoms with Crippen molar-refractivity contribution in [3.63, 3.8) is 0 Å². The van der Waals surface area contributed by atoms with E-state index in [1.807, 2.05) is 18.7 Å². The number of aromatic nitrogens is 3. The Balaban J connectivity index is 2.41. The summed E-state index contributed by atoms with van der Waals surface area (Å²) in [6.07, 6.45) is 0.744. The highest BCUT2D eigenvalue weighted by atomic mass is 35.5. The van der Waals surface area contributed by atoms with Crippen LogP contribution in [0, 0.1) is 0 Å². The lowest BCUT2D eigenvalue weighted by molar-refractivity contribution is 0.0639. The molecule has 0 amide bonds. The Bertz CT molecular complexity index is 405. The fourth-order valence-electron chi connectivity index (χ4n) is 1.60. The summed E-state index contributed by atoms with van der Waals surface area (Å²) in [5.74, 6) is 0.534. The predicted octanol–water partition coefficient (Wildman–Crippen LogP) is 1.80. The molecule has 8 heteroatoms. The largest absolute Gasteiger partial charge is 0.463 e. The van der Waals surface area contributed by atoms with Crippen molar-refractivity contribution in [2.45, 2.75) is 20.3 Å². The molecule has 0 aromatic carbocycles. The van der Waals surface area contributed by atoms with E-state index in [-0.39, 0.29) is 11.3 Å². The number of halogens is 1. The summed E-state index contributed by atoms with van der Waals surface area (Å²) in [4.78, 5) is 14.3. The maximum atomic E-state index is 5.90. The van der Waals surface area contributed by atoms with E-state index in [1.54, 1.807) is 7.11 Å². The van der Waals surface area contributed by atoms with E-state index in [9.17, 15) is 0 Å². The molecule has 0 fully saturated rings. The van der Waals surface area contributed by atoms with Crippen molar-refractivity contribution in [1.82, 2.24) is 15.0 Å². The number of nitrogens with zero attached hydrogens (tertiary/aromatic N) is 4. The van der Waals surface area contributed by atoms with E-state index < -0.39 is 0 Å². The molecule has 0 aliphatic rings. The van der Waals surface area contributed by atoms with E-state index in [0.717, 1.165) is 19.5 Å². The average molecular weight is 319 g/mol. The summed E-state index contributed by atoms with van der Waals surface area (Å²) in [5.41, 5.74) is 0. The van der Waals surface area contributed by atoms with Crippen LogP contribution in [-0.4, -0.2) is 61.6 Å². The van der Waals surface area contributed by atoms with E-state index in [0.29, 0.717) is 32.4 Å². The van der Waals surface area contributed by atoms with E-state index in [4.69, 9.17) is 25.8 Å². The van der Waals surface area contributed by atoms with Gasteiger partial charge in [0.15, 0.2) is 0 Å². The maximum absolute atomic E-state index is 5.90. The van der Waals surface area contributed by atoms with Crippen molar-refractivity contribution in [3.8, 4) is 6.01 Å². The molecule has 0 aliphatic heterocycles. The Morgan fingerprint density at radius 1 is 1.00 bits per heavy atom. The van der Waals surface area contributed by atoms with Crippen LogP contribution in [0.3, 0.4) is 0 Å². The van der Waals surface area contributed by atoms with Crippen LogP contribution in [-0.2, 0) is 9.47 Å². The molecule has 1 aromatic rings. The van der Waals surface area contributed by atoms with Crippen LogP contribution >= 0.6 is 11.6 Å². The van der Waals surface area contributed by atoms with Crippen molar-refractivity contribution in [2.75, 3.05) is 51.5 Å². The van der Waals surface area contributed by atoms with Gasteiger partial charge in [0.1, 0.15) is 0 Å². The zero-order valence-corrected chi connectivity index (χ0v) is 13.6. The summed E-state index contributed by atoms with van der Waals surface area (Å²) in [6, 6.07) is 0.244. The van der Waals surface area contributed by atoms with Gasteiger partial charge >= 0.3 is 6.01 Å². The van der Waals surface area contributed by atoms with Crippen LogP contribution in [0.5, 0.6) is 6.01 Å². The molecule has 120 valence electrons. The van der Waals surface area contributed by atoms with Crippen molar-refractivity contribution < 1.29 is 14.2 Å². The number of rotatable bonds is 11. The van der Waals surface area contributed by atoms with Crippen molar-refractivity contribution >= 4 is 17.5 Å². The van der Waals surface area contributed by atoms with Gasteiger partial charge in [-0.15, -0.1) is 0 Å². The van der Waals surface area contributed by atoms with Gasteiger partial charge in [-0.3, -0.25) is 0 Å². The Morgan fingerprint density at radius 2 is 1.76 bits per heavy atom. The van der Waals surface area contributed by atoms with Crippen LogP contribution in [0.15, 0.2) is 0 Å². The molecule has 7 nitrogen and oxygen atoms in total. The Hall–Kier alpha value is -1.18. The van der Waals surface area contributed by atoms with Gasteiger partial charge in [0.05, 0.1) is 19.8 Å². The number of ether oxygens (including phenoxy) is 3. The Morgan fingerprint density at radius 3 is 2.43 bits per heavy atom. The molecular formula is C13H23ClN4O3. The van der Waals surface area contributed by atoms with Gasteiger partial charge in [-0.1, -0.05) is 0 Å². The number of hydrogen-bond donors (Lipinski definition) is 0. The third-order valence-corrected chi connectivity index (χ3v) is 2.89. The second-order valence-corrected chi connectivity index (χ2v) is 4.50. The molecule has 0 unspecified atom stereocenters. The molecule has 1 heterocycles. The smallest absolute Gasteiger partial charge is 0.322 e. The van der Waals surface area contributed by atoms with Crippen molar-refractivity contribution in [1.29, 1.82) is 0 Å². The summed E-state index contributed by atoms with van der Waals surface area (Å²) >= 11 is 5.90. The first-order valence-corrected chi connectivity index (χ1v) is 7.45. The third kappa shape index (κ3) is 6.88. The minimum absolute atomic E-state index is 0.137. The molecule has 0 N–H and O–H groups in total. The monoisotopic (exact) mass is 318 g/mol. The van der Waals surface area contributed by atoms with Gasteiger partial charge in [0.2, 0.25) is 11.2 Å². The second kappa shape index (κ2) is 10.5. The number of methoxy groups -OCH3 is 1. The normalized spacial score (nSPS) is 10.7. The van der Waals surface area contributed by atoms with Gasteiger partial charge in [-0.25, -0.2) is 0 Å². The third-order valence-electron chi connectivity index (χ3n) is 2.72.